The van der Waals surface area contributed by atoms with Crippen molar-refractivity contribution in [3.05, 3.63) is 106 Å². The summed E-state index contributed by atoms with van der Waals surface area (Å²) in [6.45, 7) is 8.64. The van der Waals surface area contributed by atoms with Crippen LogP contribution in [0.4, 0.5) is 0 Å². The van der Waals surface area contributed by atoms with Crippen LogP contribution in [0.15, 0.2) is 77.2 Å². The molecule has 0 unspecified atom stereocenters. The van der Waals surface area contributed by atoms with Gasteiger partial charge in [-0.3, -0.25) is 0 Å². The molecular formula is C31H26O. The van der Waals surface area contributed by atoms with Crippen LogP contribution in [0.5, 0.6) is 0 Å². The normalized spacial score (nSPS) is 12.2. The minimum atomic E-state index is 0.944. The van der Waals surface area contributed by atoms with Crippen molar-refractivity contribution in [1.82, 2.24) is 0 Å². The molecule has 0 bridgehead atoms. The molecule has 4 aromatic carbocycles. The summed E-state index contributed by atoms with van der Waals surface area (Å²) in [5.74, 6) is 0.944. The van der Waals surface area contributed by atoms with Gasteiger partial charge in [0.1, 0.15) is 11.3 Å². The van der Waals surface area contributed by atoms with E-state index in [1.165, 1.54) is 61.0 Å². The molecular weight excluding hydrogens is 388 g/mol. The maximum absolute atomic E-state index is 6.22. The third kappa shape index (κ3) is 3.00. The van der Waals surface area contributed by atoms with Crippen molar-refractivity contribution in [3.8, 4) is 33.6 Å². The molecule has 1 heterocycles. The summed E-state index contributed by atoms with van der Waals surface area (Å²) in [5, 5.41) is 1.17. The molecule has 0 saturated carbocycles. The molecule has 0 saturated heterocycles. The molecule has 32 heavy (non-hydrogen) atoms. The first-order valence-electron chi connectivity index (χ1n) is 11.3. The van der Waals surface area contributed by atoms with E-state index in [-0.39, 0.29) is 0 Å². The van der Waals surface area contributed by atoms with E-state index in [0.29, 0.717) is 0 Å². The first-order valence-corrected chi connectivity index (χ1v) is 11.3. The minimum Gasteiger partial charge on any atom is -0.456 e. The lowest BCUT2D eigenvalue weighted by atomic mass is 9.97. The molecule has 1 nitrogen and oxygen atoms in total. The van der Waals surface area contributed by atoms with E-state index in [4.69, 9.17) is 4.42 Å². The van der Waals surface area contributed by atoms with Crippen LogP contribution in [-0.4, -0.2) is 0 Å². The van der Waals surface area contributed by atoms with Gasteiger partial charge in [0.25, 0.3) is 0 Å². The fourth-order valence-electron chi connectivity index (χ4n) is 4.91. The van der Waals surface area contributed by atoms with E-state index in [0.717, 1.165) is 23.3 Å². The Bertz CT molecular complexity index is 1490. The Balaban J connectivity index is 1.37. The summed E-state index contributed by atoms with van der Waals surface area (Å²) in [6.07, 6.45) is 0.968. The fourth-order valence-corrected chi connectivity index (χ4v) is 4.91. The van der Waals surface area contributed by atoms with Crippen molar-refractivity contribution in [2.45, 2.75) is 34.1 Å². The highest BCUT2D eigenvalue weighted by Crippen LogP contribution is 2.41. The maximum Gasteiger partial charge on any atom is 0.135 e. The number of benzene rings is 4. The molecule has 1 heteroatoms. The Hall–Kier alpha value is -3.58. The van der Waals surface area contributed by atoms with Crippen molar-refractivity contribution in [3.63, 3.8) is 0 Å². The molecule has 0 fully saturated rings. The molecule has 156 valence electrons. The van der Waals surface area contributed by atoms with Crippen molar-refractivity contribution in [2.75, 3.05) is 0 Å². The van der Waals surface area contributed by atoms with Gasteiger partial charge in [0.05, 0.1) is 0 Å². The van der Waals surface area contributed by atoms with Gasteiger partial charge in [0, 0.05) is 10.9 Å². The fraction of sp³-hybridized carbons (Fsp3) is 0.161. The lowest BCUT2D eigenvalue weighted by Gasteiger charge is -2.08. The van der Waals surface area contributed by atoms with Gasteiger partial charge in [0.2, 0.25) is 0 Å². The van der Waals surface area contributed by atoms with Gasteiger partial charge in [-0.2, -0.15) is 0 Å². The van der Waals surface area contributed by atoms with E-state index < -0.39 is 0 Å². The smallest absolute Gasteiger partial charge is 0.135 e. The molecule has 1 aliphatic rings. The molecule has 0 N–H and O–H groups in total. The summed E-state index contributed by atoms with van der Waals surface area (Å²) in [6, 6.07) is 27.0. The van der Waals surface area contributed by atoms with Gasteiger partial charge in [0.15, 0.2) is 0 Å². The average Bonchev–Trinajstić information content (AvgIpc) is 3.35. The predicted octanol–water partition coefficient (Wildman–Crippen LogP) is 8.57. The van der Waals surface area contributed by atoms with Gasteiger partial charge in [-0.1, -0.05) is 48.5 Å². The molecule has 0 spiro atoms. The van der Waals surface area contributed by atoms with E-state index in [9.17, 15) is 0 Å². The Kier molecular flexibility index (Phi) is 4.16. The highest BCUT2D eigenvalue weighted by Gasteiger charge is 2.20. The van der Waals surface area contributed by atoms with Crippen molar-refractivity contribution in [1.29, 1.82) is 0 Å². The van der Waals surface area contributed by atoms with Crippen LogP contribution in [-0.2, 0) is 6.42 Å². The van der Waals surface area contributed by atoms with Gasteiger partial charge < -0.3 is 4.42 Å². The molecule has 1 aliphatic carbocycles. The summed E-state index contributed by atoms with van der Waals surface area (Å²) in [5.41, 5.74) is 15.4. The second-order valence-corrected chi connectivity index (χ2v) is 9.30. The molecule has 0 atom stereocenters. The Morgan fingerprint density at radius 3 is 1.88 bits per heavy atom. The number of rotatable bonds is 2. The third-order valence-corrected chi connectivity index (χ3v) is 7.14. The second-order valence-electron chi connectivity index (χ2n) is 9.30. The zero-order valence-corrected chi connectivity index (χ0v) is 19.0. The number of aryl methyl sites for hydroxylation is 4. The van der Waals surface area contributed by atoms with Gasteiger partial charge in [-0.15, -0.1) is 0 Å². The minimum absolute atomic E-state index is 0.944. The van der Waals surface area contributed by atoms with Gasteiger partial charge in [-0.25, -0.2) is 0 Å². The van der Waals surface area contributed by atoms with E-state index in [1.54, 1.807) is 0 Å². The second kappa shape index (κ2) is 6.97. The highest BCUT2D eigenvalue weighted by molar-refractivity contribution is 5.86. The Morgan fingerprint density at radius 2 is 1.12 bits per heavy atom. The lowest BCUT2D eigenvalue weighted by molar-refractivity contribution is 0.631. The summed E-state index contributed by atoms with van der Waals surface area (Å²) in [4.78, 5) is 0. The Labute approximate surface area is 189 Å². The van der Waals surface area contributed by atoms with E-state index >= 15 is 0 Å². The molecule has 0 amide bonds. The zero-order chi connectivity index (χ0) is 22.0. The quantitative estimate of drug-likeness (QED) is 0.276. The average molecular weight is 415 g/mol. The Morgan fingerprint density at radius 1 is 0.531 bits per heavy atom. The van der Waals surface area contributed by atoms with Crippen molar-refractivity contribution < 1.29 is 4.42 Å². The zero-order valence-electron chi connectivity index (χ0n) is 19.0. The SMILES string of the molecule is Cc1ccc(-c2ccc3c(c2)Cc2cc(-c4cc5cc(C)c(C)cc5o4)ccc2-3)cc1C. The monoisotopic (exact) mass is 414 g/mol. The van der Waals surface area contributed by atoms with Crippen LogP contribution in [0, 0.1) is 27.7 Å². The topological polar surface area (TPSA) is 13.1 Å². The van der Waals surface area contributed by atoms with Crippen LogP contribution in [0.25, 0.3) is 44.5 Å². The van der Waals surface area contributed by atoms with Gasteiger partial charge >= 0.3 is 0 Å². The maximum atomic E-state index is 6.22. The standard InChI is InChI=1S/C31H26O/c1-18-5-6-22(11-19(18)2)23-7-9-28-25(14-23)16-26-15-24(8-10-29(26)28)31-17-27-12-20(3)21(4)13-30(27)32-31/h5-15,17H,16H2,1-4H3. The summed E-state index contributed by atoms with van der Waals surface area (Å²) in [7, 11) is 0. The summed E-state index contributed by atoms with van der Waals surface area (Å²) >= 11 is 0. The van der Waals surface area contributed by atoms with Crippen LogP contribution in [0.1, 0.15) is 33.4 Å². The number of fused-ring (bicyclic) bond motifs is 4. The van der Waals surface area contributed by atoms with Crippen LogP contribution >= 0.6 is 0 Å². The molecule has 1 aromatic heterocycles. The largest absolute Gasteiger partial charge is 0.456 e. The molecule has 0 radical (unpaired) electrons. The number of hydrogen-bond acceptors (Lipinski definition) is 1. The van der Waals surface area contributed by atoms with Crippen LogP contribution < -0.4 is 0 Å². The van der Waals surface area contributed by atoms with Crippen LogP contribution in [0.3, 0.4) is 0 Å². The van der Waals surface area contributed by atoms with E-state index in [2.05, 4.69) is 100 Å². The number of furan rings is 1. The molecule has 5 aromatic rings. The number of hydrogen-bond donors (Lipinski definition) is 0. The van der Waals surface area contributed by atoms with Crippen molar-refractivity contribution >= 4 is 11.0 Å². The van der Waals surface area contributed by atoms with Crippen LogP contribution in [0.2, 0.25) is 0 Å². The summed E-state index contributed by atoms with van der Waals surface area (Å²) < 4.78 is 6.22. The lowest BCUT2D eigenvalue weighted by Crippen LogP contribution is -1.86. The van der Waals surface area contributed by atoms with Crippen molar-refractivity contribution in [2.24, 2.45) is 0 Å². The van der Waals surface area contributed by atoms with Gasteiger partial charge in [-0.05, 0) is 114 Å². The predicted molar refractivity (Wildman–Crippen MR) is 134 cm³/mol. The molecule has 6 rings (SSSR count). The highest BCUT2D eigenvalue weighted by atomic mass is 16.3. The third-order valence-electron chi connectivity index (χ3n) is 7.14. The van der Waals surface area contributed by atoms with E-state index in [1.807, 2.05) is 0 Å². The first kappa shape index (κ1) is 19.1. The molecule has 0 aliphatic heterocycles. The first-order chi connectivity index (χ1) is 15.5.